The van der Waals surface area contributed by atoms with Crippen LogP contribution < -0.4 is 5.32 Å². The van der Waals surface area contributed by atoms with Gasteiger partial charge in [0.25, 0.3) is 0 Å². The third kappa shape index (κ3) is 3.62. The molecule has 116 valence electrons. The second kappa shape index (κ2) is 7.57. The Morgan fingerprint density at radius 2 is 1.95 bits per heavy atom. The molecule has 1 atom stereocenters. The fraction of sp³-hybridized carbons (Fsp3) is 0.800. The lowest BCUT2D eigenvalue weighted by Gasteiger charge is -2.44. The first kappa shape index (κ1) is 17.7. The Hall–Kier alpha value is -0.390. The molecular formula is C15H29BrN4. The van der Waals surface area contributed by atoms with Crippen LogP contribution in [0.2, 0.25) is 0 Å². The first-order valence-corrected chi connectivity index (χ1v) is 8.35. The summed E-state index contributed by atoms with van der Waals surface area (Å²) in [7, 11) is 2.01. The van der Waals surface area contributed by atoms with Gasteiger partial charge in [0.1, 0.15) is 0 Å². The smallest absolute Gasteiger partial charge is 0.0711 e. The van der Waals surface area contributed by atoms with Gasteiger partial charge in [-0.15, -0.1) is 0 Å². The molecule has 0 saturated heterocycles. The molecule has 4 nitrogen and oxygen atoms in total. The van der Waals surface area contributed by atoms with E-state index in [1.807, 2.05) is 17.9 Å². The highest BCUT2D eigenvalue weighted by Crippen LogP contribution is 2.34. The van der Waals surface area contributed by atoms with Gasteiger partial charge in [-0.05, 0) is 55.8 Å². The van der Waals surface area contributed by atoms with E-state index in [9.17, 15) is 0 Å². The summed E-state index contributed by atoms with van der Waals surface area (Å²) in [5, 5.41) is 8.09. The summed E-state index contributed by atoms with van der Waals surface area (Å²) in [5.74, 6) is 0. The fourth-order valence-corrected chi connectivity index (χ4v) is 3.51. The largest absolute Gasteiger partial charge is 0.307 e. The van der Waals surface area contributed by atoms with Crippen molar-refractivity contribution in [3.63, 3.8) is 0 Å². The molecule has 1 aromatic rings. The molecule has 1 N–H and O–H groups in total. The van der Waals surface area contributed by atoms with Crippen LogP contribution in [0.4, 0.5) is 0 Å². The highest BCUT2D eigenvalue weighted by Gasteiger charge is 2.37. The molecule has 0 bridgehead atoms. The lowest BCUT2D eigenvalue weighted by molar-refractivity contribution is 0.0876. The predicted octanol–water partition coefficient (Wildman–Crippen LogP) is 3.34. The third-order valence-electron chi connectivity index (χ3n) is 4.09. The Morgan fingerprint density at radius 1 is 1.35 bits per heavy atom. The van der Waals surface area contributed by atoms with E-state index in [4.69, 9.17) is 0 Å². The van der Waals surface area contributed by atoms with Gasteiger partial charge < -0.3 is 5.32 Å². The lowest BCUT2D eigenvalue weighted by atomic mass is 9.89. The van der Waals surface area contributed by atoms with Crippen LogP contribution in [0.3, 0.4) is 0 Å². The Kier molecular flexibility index (Phi) is 6.69. The number of hydrogen-bond donors (Lipinski definition) is 1. The van der Waals surface area contributed by atoms with Crippen molar-refractivity contribution in [3.05, 3.63) is 16.4 Å². The van der Waals surface area contributed by atoms with Crippen molar-refractivity contribution in [3.8, 4) is 0 Å². The second-order valence-electron chi connectivity index (χ2n) is 5.71. The summed E-state index contributed by atoms with van der Waals surface area (Å²) in [6.45, 7) is 14.4. The van der Waals surface area contributed by atoms with Crippen molar-refractivity contribution < 1.29 is 0 Å². The van der Waals surface area contributed by atoms with Crippen molar-refractivity contribution >= 4 is 15.9 Å². The number of aryl methyl sites for hydroxylation is 1. The maximum absolute atomic E-state index is 4.38. The number of likely N-dealkylation sites (N-methyl/N-ethyl adjacent to an activating group) is 1. The molecule has 0 saturated carbocycles. The molecule has 5 heteroatoms. The van der Waals surface area contributed by atoms with E-state index in [-0.39, 0.29) is 11.6 Å². The molecule has 0 aliphatic carbocycles. The highest BCUT2D eigenvalue weighted by atomic mass is 79.9. The van der Waals surface area contributed by atoms with Crippen LogP contribution in [0.15, 0.2) is 10.7 Å². The van der Waals surface area contributed by atoms with Crippen LogP contribution in [0, 0.1) is 0 Å². The van der Waals surface area contributed by atoms with E-state index >= 15 is 0 Å². The lowest BCUT2D eigenvalue weighted by Crippen LogP contribution is -2.53. The van der Waals surface area contributed by atoms with Gasteiger partial charge in [-0.2, -0.15) is 5.10 Å². The van der Waals surface area contributed by atoms with Gasteiger partial charge in [0.2, 0.25) is 0 Å². The van der Waals surface area contributed by atoms with E-state index in [2.05, 4.69) is 65.9 Å². The fourth-order valence-electron chi connectivity index (χ4n) is 2.94. The van der Waals surface area contributed by atoms with Crippen LogP contribution in [0.25, 0.3) is 0 Å². The summed E-state index contributed by atoms with van der Waals surface area (Å²) >= 11 is 3.65. The van der Waals surface area contributed by atoms with E-state index in [0.29, 0.717) is 0 Å². The number of nitrogens with zero attached hydrogens (tertiary/aromatic N) is 3. The van der Waals surface area contributed by atoms with E-state index < -0.39 is 0 Å². The van der Waals surface area contributed by atoms with Crippen molar-refractivity contribution in [1.29, 1.82) is 0 Å². The van der Waals surface area contributed by atoms with Crippen molar-refractivity contribution in [2.24, 2.45) is 7.05 Å². The van der Waals surface area contributed by atoms with Crippen LogP contribution >= 0.6 is 15.9 Å². The summed E-state index contributed by atoms with van der Waals surface area (Å²) in [5.41, 5.74) is 1.24. The van der Waals surface area contributed by atoms with Gasteiger partial charge >= 0.3 is 0 Å². The summed E-state index contributed by atoms with van der Waals surface area (Å²) in [6, 6.07) is 0.240. The number of halogens is 1. The summed E-state index contributed by atoms with van der Waals surface area (Å²) in [4.78, 5) is 2.50. The maximum atomic E-state index is 4.38. The Bertz CT molecular complexity index is 391. The van der Waals surface area contributed by atoms with Gasteiger partial charge in [0.05, 0.1) is 22.4 Å². The standard InChI is InChI=1S/C15H29BrN4/c1-7-10-17-14(13-12(16)11-18-19(13)6)15(4,5)20(8-2)9-3/h11,14,17H,7-10H2,1-6H3. The first-order valence-electron chi connectivity index (χ1n) is 7.55. The number of rotatable bonds is 8. The number of aromatic nitrogens is 2. The molecule has 1 heterocycles. The molecule has 0 amide bonds. The summed E-state index contributed by atoms with van der Waals surface area (Å²) in [6.07, 6.45) is 3.01. The Labute approximate surface area is 132 Å². The minimum absolute atomic E-state index is 0.0228. The minimum atomic E-state index is 0.0228. The van der Waals surface area contributed by atoms with Gasteiger partial charge in [0.15, 0.2) is 0 Å². The third-order valence-corrected chi connectivity index (χ3v) is 4.71. The van der Waals surface area contributed by atoms with Gasteiger partial charge in [-0.25, -0.2) is 0 Å². The molecule has 1 unspecified atom stereocenters. The minimum Gasteiger partial charge on any atom is -0.307 e. The topological polar surface area (TPSA) is 33.1 Å². The maximum Gasteiger partial charge on any atom is 0.0711 e. The molecule has 20 heavy (non-hydrogen) atoms. The van der Waals surface area contributed by atoms with Crippen molar-refractivity contribution in [2.75, 3.05) is 19.6 Å². The Morgan fingerprint density at radius 3 is 2.35 bits per heavy atom. The average Bonchev–Trinajstić information content (AvgIpc) is 2.72. The van der Waals surface area contributed by atoms with Crippen LogP contribution in [0.5, 0.6) is 0 Å². The molecule has 0 radical (unpaired) electrons. The van der Waals surface area contributed by atoms with E-state index in [0.717, 1.165) is 30.5 Å². The molecule has 1 aromatic heterocycles. The molecule has 0 aliphatic rings. The zero-order valence-corrected chi connectivity index (χ0v) is 15.3. The van der Waals surface area contributed by atoms with Crippen molar-refractivity contribution in [2.45, 2.75) is 52.6 Å². The molecule has 0 aliphatic heterocycles. The van der Waals surface area contributed by atoms with E-state index in [1.54, 1.807) is 0 Å². The zero-order valence-electron chi connectivity index (χ0n) is 13.7. The number of nitrogens with one attached hydrogen (secondary N) is 1. The number of hydrogen-bond acceptors (Lipinski definition) is 3. The van der Waals surface area contributed by atoms with Crippen LogP contribution in [-0.2, 0) is 7.05 Å². The molecule has 0 fully saturated rings. The quantitative estimate of drug-likeness (QED) is 0.784. The van der Waals surface area contributed by atoms with E-state index in [1.165, 1.54) is 5.69 Å². The second-order valence-corrected chi connectivity index (χ2v) is 6.57. The van der Waals surface area contributed by atoms with Crippen LogP contribution in [0.1, 0.15) is 52.8 Å². The van der Waals surface area contributed by atoms with Gasteiger partial charge in [0, 0.05) is 12.6 Å². The van der Waals surface area contributed by atoms with Crippen LogP contribution in [-0.4, -0.2) is 39.9 Å². The predicted molar refractivity (Wildman–Crippen MR) is 88.9 cm³/mol. The molecule has 0 spiro atoms. The molecule has 0 aromatic carbocycles. The average molecular weight is 345 g/mol. The molecule has 1 rings (SSSR count). The molecular weight excluding hydrogens is 316 g/mol. The Balaban J connectivity index is 3.18. The summed E-state index contributed by atoms with van der Waals surface area (Å²) < 4.78 is 3.05. The zero-order chi connectivity index (χ0) is 15.3. The first-order chi connectivity index (χ1) is 9.39. The monoisotopic (exact) mass is 344 g/mol. The highest BCUT2D eigenvalue weighted by molar-refractivity contribution is 9.10. The van der Waals surface area contributed by atoms with Gasteiger partial charge in [-0.3, -0.25) is 9.58 Å². The van der Waals surface area contributed by atoms with Crippen molar-refractivity contribution in [1.82, 2.24) is 20.0 Å². The van der Waals surface area contributed by atoms with Gasteiger partial charge in [-0.1, -0.05) is 20.8 Å². The normalized spacial score (nSPS) is 14.0. The SMILES string of the molecule is CCCNC(c1c(Br)cnn1C)C(C)(C)N(CC)CC.